The van der Waals surface area contributed by atoms with Crippen molar-refractivity contribution in [2.45, 2.75) is 31.9 Å². The summed E-state index contributed by atoms with van der Waals surface area (Å²) in [6.07, 6.45) is 0.664. The van der Waals surface area contributed by atoms with Crippen LogP contribution in [0.15, 0.2) is 22.7 Å². The zero-order valence-electron chi connectivity index (χ0n) is 11.3. The highest BCUT2D eigenvalue weighted by Crippen LogP contribution is 2.26. The number of hydrogen-bond donors (Lipinski definition) is 2. The lowest BCUT2D eigenvalue weighted by molar-refractivity contribution is 0.0696. The van der Waals surface area contributed by atoms with E-state index in [4.69, 9.17) is 9.84 Å². The number of carbonyl (C=O) groups excluding carboxylic acids is 1. The Kier molecular flexibility index (Phi) is 4.15. The first kappa shape index (κ1) is 15.0. The normalized spacial score (nSPS) is 25.4. The van der Waals surface area contributed by atoms with Gasteiger partial charge in [0.25, 0.3) is 5.91 Å². The van der Waals surface area contributed by atoms with E-state index in [1.807, 2.05) is 13.8 Å². The number of halogens is 1. The number of carboxylic acids is 1. The van der Waals surface area contributed by atoms with Crippen LogP contribution in [-0.2, 0) is 4.74 Å². The SMILES string of the molecule is CC1OCCC1(C)NC(=O)c1cc(Br)cc(C(=O)O)c1. The van der Waals surface area contributed by atoms with E-state index in [1.165, 1.54) is 12.1 Å². The maximum atomic E-state index is 12.3. The molecular weight excluding hydrogens is 326 g/mol. The average Bonchev–Trinajstić information content (AvgIpc) is 2.68. The van der Waals surface area contributed by atoms with Gasteiger partial charge in [0.2, 0.25) is 0 Å². The molecule has 6 heteroatoms. The van der Waals surface area contributed by atoms with Crippen molar-refractivity contribution in [1.29, 1.82) is 0 Å². The van der Waals surface area contributed by atoms with E-state index in [1.54, 1.807) is 6.07 Å². The minimum Gasteiger partial charge on any atom is -0.478 e. The Labute approximate surface area is 125 Å². The van der Waals surface area contributed by atoms with Gasteiger partial charge in [-0.05, 0) is 38.5 Å². The molecule has 20 heavy (non-hydrogen) atoms. The smallest absolute Gasteiger partial charge is 0.335 e. The third-order valence-electron chi connectivity index (χ3n) is 3.69. The summed E-state index contributed by atoms with van der Waals surface area (Å²) in [4.78, 5) is 23.3. The highest BCUT2D eigenvalue weighted by Gasteiger charge is 2.38. The van der Waals surface area contributed by atoms with Crippen molar-refractivity contribution >= 4 is 27.8 Å². The van der Waals surface area contributed by atoms with Gasteiger partial charge in [-0.15, -0.1) is 0 Å². The van der Waals surface area contributed by atoms with Gasteiger partial charge in [0.1, 0.15) is 0 Å². The van der Waals surface area contributed by atoms with Gasteiger partial charge in [0, 0.05) is 16.6 Å². The molecule has 0 aliphatic carbocycles. The standard InChI is InChI=1S/C14H16BrNO4/c1-8-14(2,3-4-20-8)16-12(17)9-5-10(13(18)19)7-11(15)6-9/h5-8H,3-4H2,1-2H3,(H,16,17)(H,18,19). The molecule has 2 rings (SSSR count). The molecule has 1 heterocycles. The summed E-state index contributed by atoms with van der Waals surface area (Å²) in [5.41, 5.74) is -0.0366. The van der Waals surface area contributed by atoms with Gasteiger partial charge in [-0.3, -0.25) is 4.79 Å². The number of benzene rings is 1. The molecule has 1 aliphatic rings. The lowest BCUT2D eigenvalue weighted by atomic mass is 9.94. The van der Waals surface area contributed by atoms with E-state index in [0.717, 1.165) is 6.42 Å². The van der Waals surface area contributed by atoms with E-state index in [0.29, 0.717) is 16.6 Å². The maximum Gasteiger partial charge on any atom is 0.335 e. The monoisotopic (exact) mass is 341 g/mol. The van der Waals surface area contributed by atoms with Crippen molar-refractivity contribution in [2.75, 3.05) is 6.61 Å². The fourth-order valence-corrected chi connectivity index (χ4v) is 2.67. The van der Waals surface area contributed by atoms with Crippen molar-refractivity contribution in [3.8, 4) is 0 Å². The summed E-state index contributed by atoms with van der Waals surface area (Å²) in [6.45, 7) is 4.45. The van der Waals surface area contributed by atoms with Crippen LogP contribution in [0.1, 0.15) is 41.0 Å². The molecule has 1 amide bonds. The van der Waals surface area contributed by atoms with Crippen LogP contribution in [0.3, 0.4) is 0 Å². The third kappa shape index (κ3) is 3.02. The highest BCUT2D eigenvalue weighted by molar-refractivity contribution is 9.10. The van der Waals surface area contributed by atoms with E-state index in [-0.39, 0.29) is 17.6 Å². The highest BCUT2D eigenvalue weighted by atomic mass is 79.9. The van der Waals surface area contributed by atoms with Gasteiger partial charge in [-0.25, -0.2) is 4.79 Å². The van der Waals surface area contributed by atoms with Gasteiger partial charge in [-0.2, -0.15) is 0 Å². The predicted octanol–water partition coefficient (Wildman–Crippen LogP) is 2.44. The molecule has 1 aromatic rings. The van der Waals surface area contributed by atoms with Crippen molar-refractivity contribution in [3.63, 3.8) is 0 Å². The number of aromatic carboxylic acids is 1. The Hall–Kier alpha value is -1.40. The Morgan fingerprint density at radius 3 is 2.60 bits per heavy atom. The minimum absolute atomic E-state index is 0.0717. The quantitative estimate of drug-likeness (QED) is 0.885. The Balaban J connectivity index is 2.23. The first-order valence-corrected chi connectivity index (χ1v) is 7.09. The number of carbonyl (C=O) groups is 2. The van der Waals surface area contributed by atoms with Gasteiger partial charge in [-0.1, -0.05) is 15.9 Å². The number of hydrogen-bond acceptors (Lipinski definition) is 3. The van der Waals surface area contributed by atoms with Crippen molar-refractivity contribution in [1.82, 2.24) is 5.32 Å². The largest absolute Gasteiger partial charge is 0.478 e. The van der Waals surface area contributed by atoms with Crippen LogP contribution < -0.4 is 5.32 Å². The summed E-state index contributed by atoms with van der Waals surface area (Å²) in [6, 6.07) is 4.43. The molecule has 2 unspecified atom stereocenters. The molecule has 0 spiro atoms. The molecule has 0 radical (unpaired) electrons. The molecular formula is C14H16BrNO4. The van der Waals surface area contributed by atoms with Crippen LogP contribution >= 0.6 is 15.9 Å². The topological polar surface area (TPSA) is 75.6 Å². The van der Waals surface area contributed by atoms with Crippen LogP contribution in [0.25, 0.3) is 0 Å². The molecule has 1 aromatic carbocycles. The lowest BCUT2D eigenvalue weighted by Crippen LogP contribution is -2.50. The van der Waals surface area contributed by atoms with Crippen LogP contribution in [0, 0.1) is 0 Å². The second kappa shape index (κ2) is 5.54. The van der Waals surface area contributed by atoms with E-state index in [2.05, 4.69) is 21.2 Å². The molecule has 5 nitrogen and oxygen atoms in total. The molecule has 0 bridgehead atoms. The molecule has 1 saturated heterocycles. The zero-order valence-corrected chi connectivity index (χ0v) is 12.9. The molecule has 2 atom stereocenters. The number of nitrogens with one attached hydrogen (secondary N) is 1. The number of rotatable bonds is 3. The van der Waals surface area contributed by atoms with E-state index >= 15 is 0 Å². The second-order valence-electron chi connectivity index (χ2n) is 5.17. The first-order valence-electron chi connectivity index (χ1n) is 6.30. The molecule has 1 fully saturated rings. The van der Waals surface area contributed by atoms with Crippen molar-refractivity contribution in [3.05, 3.63) is 33.8 Å². The minimum atomic E-state index is -1.07. The molecule has 2 N–H and O–H groups in total. The average molecular weight is 342 g/mol. The number of ether oxygens (including phenoxy) is 1. The van der Waals surface area contributed by atoms with E-state index in [9.17, 15) is 9.59 Å². The summed E-state index contributed by atoms with van der Waals surface area (Å²) in [5, 5.41) is 12.0. The Bertz CT molecular complexity index is 560. The number of carboxylic acid groups (broad SMARTS) is 1. The van der Waals surface area contributed by atoms with E-state index < -0.39 is 11.5 Å². The summed E-state index contributed by atoms with van der Waals surface area (Å²) < 4.78 is 6.03. The summed E-state index contributed by atoms with van der Waals surface area (Å²) in [7, 11) is 0. The van der Waals surface area contributed by atoms with Crippen molar-refractivity contribution in [2.24, 2.45) is 0 Å². The van der Waals surface area contributed by atoms with Gasteiger partial charge >= 0.3 is 5.97 Å². The lowest BCUT2D eigenvalue weighted by Gasteiger charge is -2.29. The second-order valence-corrected chi connectivity index (χ2v) is 6.08. The first-order chi connectivity index (χ1) is 9.32. The Morgan fingerprint density at radius 1 is 1.40 bits per heavy atom. The van der Waals surface area contributed by atoms with Gasteiger partial charge < -0.3 is 15.2 Å². The molecule has 0 aromatic heterocycles. The van der Waals surface area contributed by atoms with Crippen LogP contribution in [0.5, 0.6) is 0 Å². The summed E-state index contributed by atoms with van der Waals surface area (Å²) in [5.74, 6) is -1.36. The maximum absolute atomic E-state index is 12.3. The van der Waals surface area contributed by atoms with Crippen LogP contribution in [0.4, 0.5) is 0 Å². The van der Waals surface area contributed by atoms with Crippen LogP contribution in [-0.4, -0.2) is 35.2 Å². The van der Waals surface area contributed by atoms with Gasteiger partial charge in [0.15, 0.2) is 0 Å². The fraction of sp³-hybridized carbons (Fsp3) is 0.429. The zero-order chi connectivity index (χ0) is 14.9. The fourth-order valence-electron chi connectivity index (χ4n) is 2.17. The molecule has 0 saturated carbocycles. The number of amides is 1. The third-order valence-corrected chi connectivity index (χ3v) is 4.15. The summed E-state index contributed by atoms with van der Waals surface area (Å²) >= 11 is 3.22. The van der Waals surface area contributed by atoms with Crippen LogP contribution in [0.2, 0.25) is 0 Å². The molecule has 108 valence electrons. The van der Waals surface area contributed by atoms with Gasteiger partial charge in [0.05, 0.1) is 17.2 Å². The predicted molar refractivity (Wildman–Crippen MR) is 77.0 cm³/mol. The van der Waals surface area contributed by atoms with Crippen molar-refractivity contribution < 1.29 is 19.4 Å². The Morgan fingerprint density at radius 2 is 2.05 bits per heavy atom. The molecule has 1 aliphatic heterocycles.